The van der Waals surface area contributed by atoms with E-state index in [1.165, 1.54) is 0 Å². The number of fused-ring (bicyclic) bond motifs is 1. The predicted molar refractivity (Wildman–Crippen MR) is 110 cm³/mol. The highest BCUT2D eigenvalue weighted by Gasteiger charge is 2.25. The molecule has 1 saturated carbocycles. The van der Waals surface area contributed by atoms with Crippen molar-refractivity contribution in [3.63, 3.8) is 0 Å². The van der Waals surface area contributed by atoms with E-state index in [9.17, 15) is 9.59 Å². The first-order valence-corrected chi connectivity index (χ1v) is 10.2. The number of carbonyl (C=O) groups is 2. The van der Waals surface area contributed by atoms with Gasteiger partial charge in [-0.15, -0.1) is 10.2 Å². The molecule has 6 heteroatoms. The topological polar surface area (TPSA) is 76.4 Å². The van der Waals surface area contributed by atoms with Crippen LogP contribution in [-0.4, -0.2) is 26.3 Å². The number of carbonyl (C=O) groups excluding carboxylic acids is 2. The summed E-state index contributed by atoms with van der Waals surface area (Å²) < 4.78 is 1.88. The van der Waals surface area contributed by atoms with Crippen molar-refractivity contribution in [1.82, 2.24) is 19.9 Å². The van der Waals surface area contributed by atoms with Crippen LogP contribution in [0.4, 0.5) is 0 Å². The van der Waals surface area contributed by atoms with Crippen molar-refractivity contribution in [3.05, 3.63) is 65.6 Å². The molecule has 0 bridgehead atoms. The Bertz CT molecular complexity index is 1020. The van der Waals surface area contributed by atoms with Gasteiger partial charge in [0.05, 0.1) is 12.0 Å². The zero-order valence-corrected chi connectivity index (χ0v) is 16.8. The number of hydrogen-bond acceptors (Lipinski definition) is 4. The maximum absolute atomic E-state index is 12.8. The first kappa shape index (κ1) is 19.3. The Morgan fingerprint density at radius 1 is 1.17 bits per heavy atom. The highest BCUT2D eigenvalue weighted by molar-refractivity contribution is 5.84. The lowest BCUT2D eigenvalue weighted by molar-refractivity contribution is -0.123. The fraction of sp³-hybridized carbons (Fsp3) is 0.391. The molecule has 0 radical (unpaired) electrons. The number of ketones is 1. The van der Waals surface area contributed by atoms with Crippen LogP contribution >= 0.6 is 0 Å². The molecule has 1 aliphatic carbocycles. The summed E-state index contributed by atoms with van der Waals surface area (Å²) in [4.78, 5) is 24.6. The van der Waals surface area contributed by atoms with Gasteiger partial charge in [0.25, 0.3) is 0 Å². The van der Waals surface area contributed by atoms with Crippen LogP contribution in [0.15, 0.2) is 48.7 Å². The molecule has 29 heavy (non-hydrogen) atoms. The van der Waals surface area contributed by atoms with Crippen molar-refractivity contribution < 1.29 is 9.59 Å². The van der Waals surface area contributed by atoms with Crippen LogP contribution < -0.4 is 5.32 Å². The van der Waals surface area contributed by atoms with Crippen molar-refractivity contribution >= 4 is 17.3 Å². The number of nitrogens with zero attached hydrogens (tertiary/aromatic N) is 3. The van der Waals surface area contributed by atoms with Gasteiger partial charge in [-0.05, 0) is 56.4 Å². The molecule has 3 atom stereocenters. The average Bonchev–Trinajstić information content (AvgIpc) is 3.34. The average molecular weight is 390 g/mol. The number of pyridine rings is 1. The van der Waals surface area contributed by atoms with Gasteiger partial charge in [-0.2, -0.15) is 0 Å². The van der Waals surface area contributed by atoms with Crippen LogP contribution in [0.5, 0.6) is 0 Å². The molecule has 1 fully saturated rings. The molecule has 0 saturated heterocycles. The minimum Gasteiger partial charge on any atom is -0.346 e. The van der Waals surface area contributed by atoms with Crippen molar-refractivity contribution in [2.45, 2.75) is 51.5 Å². The molecule has 2 aromatic heterocycles. The Labute approximate surface area is 170 Å². The summed E-state index contributed by atoms with van der Waals surface area (Å²) >= 11 is 0. The Balaban J connectivity index is 1.40. The van der Waals surface area contributed by atoms with E-state index in [-0.39, 0.29) is 23.8 Å². The Morgan fingerprint density at radius 3 is 2.69 bits per heavy atom. The SMILES string of the molecule is C[C@H](NC(=O)[C@@H](C)c1ccc(C[C@H]2CCCC2=O)cc1)c1nnc2ccccn12. The summed E-state index contributed by atoms with van der Waals surface area (Å²) in [7, 11) is 0. The van der Waals surface area contributed by atoms with Crippen molar-refractivity contribution in [2.24, 2.45) is 5.92 Å². The molecule has 0 aliphatic heterocycles. The molecule has 0 unspecified atom stereocenters. The van der Waals surface area contributed by atoms with E-state index in [2.05, 4.69) is 15.5 Å². The van der Waals surface area contributed by atoms with E-state index >= 15 is 0 Å². The van der Waals surface area contributed by atoms with Gasteiger partial charge in [-0.3, -0.25) is 14.0 Å². The predicted octanol–water partition coefficient (Wildman–Crippen LogP) is 3.62. The smallest absolute Gasteiger partial charge is 0.227 e. The fourth-order valence-corrected chi connectivity index (χ4v) is 4.04. The van der Waals surface area contributed by atoms with Gasteiger partial charge < -0.3 is 5.32 Å². The van der Waals surface area contributed by atoms with E-state index in [0.29, 0.717) is 11.6 Å². The third-order valence-electron chi connectivity index (χ3n) is 5.87. The zero-order chi connectivity index (χ0) is 20.4. The number of nitrogens with one attached hydrogen (secondary N) is 1. The first-order chi connectivity index (χ1) is 14.0. The third-order valence-corrected chi connectivity index (χ3v) is 5.87. The number of aromatic nitrogens is 3. The Kier molecular flexibility index (Phi) is 5.43. The monoisotopic (exact) mass is 390 g/mol. The Hall–Kier alpha value is -3.02. The van der Waals surface area contributed by atoms with E-state index in [4.69, 9.17) is 0 Å². The lowest BCUT2D eigenvalue weighted by Crippen LogP contribution is -2.31. The minimum atomic E-state index is -0.279. The number of rotatable bonds is 6. The van der Waals surface area contributed by atoms with Crippen LogP contribution in [0.25, 0.3) is 5.65 Å². The first-order valence-electron chi connectivity index (χ1n) is 10.2. The quantitative estimate of drug-likeness (QED) is 0.697. The minimum absolute atomic E-state index is 0.0519. The van der Waals surface area contributed by atoms with Crippen LogP contribution in [0.3, 0.4) is 0 Å². The molecule has 1 aliphatic rings. The molecular formula is C23H26N4O2. The van der Waals surface area contributed by atoms with Crippen molar-refractivity contribution in [1.29, 1.82) is 0 Å². The van der Waals surface area contributed by atoms with Gasteiger partial charge in [-0.25, -0.2) is 0 Å². The van der Waals surface area contributed by atoms with Crippen LogP contribution in [0.1, 0.15) is 62.0 Å². The van der Waals surface area contributed by atoms with Crippen LogP contribution in [-0.2, 0) is 16.0 Å². The van der Waals surface area contributed by atoms with Crippen LogP contribution in [0, 0.1) is 5.92 Å². The van der Waals surface area contributed by atoms with Gasteiger partial charge in [0, 0.05) is 18.5 Å². The molecule has 1 amide bonds. The van der Waals surface area contributed by atoms with E-state index in [1.54, 1.807) is 0 Å². The Morgan fingerprint density at radius 2 is 1.97 bits per heavy atom. The second-order valence-electron chi connectivity index (χ2n) is 7.94. The van der Waals surface area contributed by atoms with Crippen LogP contribution in [0.2, 0.25) is 0 Å². The fourth-order valence-electron chi connectivity index (χ4n) is 4.04. The highest BCUT2D eigenvalue weighted by Crippen LogP contribution is 2.26. The number of benzene rings is 1. The van der Waals surface area contributed by atoms with Gasteiger partial charge in [0.15, 0.2) is 11.5 Å². The lowest BCUT2D eigenvalue weighted by atomic mass is 9.94. The summed E-state index contributed by atoms with van der Waals surface area (Å²) in [6, 6.07) is 13.5. The van der Waals surface area contributed by atoms with Gasteiger partial charge >= 0.3 is 0 Å². The molecule has 1 aromatic carbocycles. The van der Waals surface area contributed by atoms with Gasteiger partial charge in [0.2, 0.25) is 5.91 Å². The molecule has 1 N–H and O–H groups in total. The highest BCUT2D eigenvalue weighted by atomic mass is 16.2. The summed E-state index contributed by atoms with van der Waals surface area (Å²) in [6.07, 6.45) is 5.42. The summed E-state index contributed by atoms with van der Waals surface area (Å²) in [5, 5.41) is 11.4. The normalized spacial score (nSPS) is 18.7. The maximum Gasteiger partial charge on any atom is 0.227 e. The zero-order valence-electron chi connectivity index (χ0n) is 16.8. The third kappa shape index (κ3) is 4.06. The van der Waals surface area contributed by atoms with E-state index in [0.717, 1.165) is 42.5 Å². The van der Waals surface area contributed by atoms with E-state index < -0.39 is 0 Å². The second-order valence-corrected chi connectivity index (χ2v) is 7.94. The molecule has 6 nitrogen and oxygen atoms in total. The summed E-state index contributed by atoms with van der Waals surface area (Å²) in [5.41, 5.74) is 2.88. The largest absolute Gasteiger partial charge is 0.346 e. The van der Waals surface area contributed by atoms with Gasteiger partial charge in [0.1, 0.15) is 5.78 Å². The summed E-state index contributed by atoms with van der Waals surface area (Å²) in [6.45, 7) is 3.81. The number of hydrogen-bond donors (Lipinski definition) is 1. The molecule has 4 rings (SSSR count). The molecule has 3 aromatic rings. The van der Waals surface area contributed by atoms with Crippen molar-refractivity contribution in [3.8, 4) is 0 Å². The van der Waals surface area contributed by atoms with Crippen molar-refractivity contribution in [2.75, 3.05) is 0 Å². The number of amides is 1. The standard InChI is InChI=1S/C23H26N4O2/c1-15(18-11-9-17(10-12-18)14-19-6-5-7-20(19)28)23(29)24-16(2)22-26-25-21-8-3-4-13-27(21)22/h3-4,8-13,15-16,19H,5-7,14H2,1-2H3,(H,24,29)/t15-,16-,19+/m0/s1. The second kappa shape index (κ2) is 8.15. The molecule has 150 valence electrons. The summed E-state index contributed by atoms with van der Waals surface area (Å²) in [5.74, 6) is 0.928. The molecular weight excluding hydrogens is 364 g/mol. The van der Waals surface area contributed by atoms with E-state index in [1.807, 2.05) is 66.9 Å². The van der Waals surface area contributed by atoms with Gasteiger partial charge in [-0.1, -0.05) is 30.3 Å². The molecule has 2 heterocycles. The maximum atomic E-state index is 12.8. The lowest BCUT2D eigenvalue weighted by Gasteiger charge is -2.17. The molecule has 0 spiro atoms. The number of Topliss-reactive ketones (excluding diaryl/α,β-unsaturated/α-hetero) is 1.